The maximum Gasteiger partial charge on any atom is 0.253 e. The van der Waals surface area contributed by atoms with Crippen LogP contribution in [0.3, 0.4) is 0 Å². The summed E-state index contributed by atoms with van der Waals surface area (Å²) in [6, 6.07) is 8.70. The van der Waals surface area contributed by atoms with E-state index in [1.165, 1.54) is 0 Å². The Kier molecular flexibility index (Phi) is 3.39. The fourth-order valence-electron chi connectivity index (χ4n) is 1.65. The van der Waals surface area contributed by atoms with Crippen molar-refractivity contribution in [1.29, 1.82) is 5.26 Å². The first-order valence-corrected chi connectivity index (χ1v) is 5.44. The number of H-pyrrole nitrogens is 1. The molecular weight excluding hydrogens is 228 g/mol. The molecule has 0 unspecified atom stereocenters. The Balaban J connectivity index is 2.13. The largest absolute Gasteiger partial charge is 0.337 e. The molecular formula is C13H12N4O. The molecule has 0 bridgehead atoms. The summed E-state index contributed by atoms with van der Waals surface area (Å²) in [4.78, 5) is 13.7. The fraction of sp³-hybridized carbons (Fsp3) is 0.154. The van der Waals surface area contributed by atoms with Crippen molar-refractivity contribution in [1.82, 2.24) is 15.1 Å². The standard InChI is InChI=1S/C13H12N4O/c1-17(9-11-7-15-16-8-11)13(18)12-4-2-3-10(5-12)6-14/h2-5,7-8H,9H2,1H3,(H,15,16). The number of hydrogen-bond acceptors (Lipinski definition) is 3. The summed E-state index contributed by atoms with van der Waals surface area (Å²) in [5, 5.41) is 15.3. The molecule has 5 nitrogen and oxygen atoms in total. The van der Waals surface area contributed by atoms with Gasteiger partial charge in [0.1, 0.15) is 0 Å². The average molecular weight is 240 g/mol. The number of rotatable bonds is 3. The van der Waals surface area contributed by atoms with Crippen molar-refractivity contribution in [3.05, 3.63) is 53.3 Å². The molecule has 0 saturated carbocycles. The van der Waals surface area contributed by atoms with Gasteiger partial charge in [0.2, 0.25) is 0 Å². The van der Waals surface area contributed by atoms with Gasteiger partial charge in [-0.25, -0.2) is 0 Å². The minimum atomic E-state index is -0.117. The van der Waals surface area contributed by atoms with Gasteiger partial charge in [0, 0.05) is 30.9 Å². The van der Waals surface area contributed by atoms with Crippen LogP contribution in [0.5, 0.6) is 0 Å². The van der Waals surface area contributed by atoms with Gasteiger partial charge in [-0.05, 0) is 18.2 Å². The summed E-state index contributed by atoms with van der Waals surface area (Å²) in [5.74, 6) is -0.117. The Morgan fingerprint density at radius 3 is 3.06 bits per heavy atom. The Bertz CT molecular complexity index is 583. The highest BCUT2D eigenvalue weighted by Gasteiger charge is 2.12. The second kappa shape index (κ2) is 5.15. The molecule has 2 aromatic rings. The van der Waals surface area contributed by atoms with E-state index in [-0.39, 0.29) is 5.91 Å². The minimum absolute atomic E-state index is 0.117. The van der Waals surface area contributed by atoms with Crippen molar-refractivity contribution < 1.29 is 4.79 Å². The van der Waals surface area contributed by atoms with Crippen LogP contribution in [0.4, 0.5) is 0 Å². The first kappa shape index (κ1) is 11.9. The van der Waals surface area contributed by atoms with Crippen LogP contribution in [0.1, 0.15) is 21.5 Å². The van der Waals surface area contributed by atoms with E-state index in [9.17, 15) is 4.79 Å². The highest BCUT2D eigenvalue weighted by atomic mass is 16.2. The SMILES string of the molecule is CN(Cc1cn[nH]c1)C(=O)c1cccc(C#N)c1. The molecule has 1 aromatic heterocycles. The molecule has 1 aromatic carbocycles. The normalized spacial score (nSPS) is 9.78. The average Bonchev–Trinajstić information content (AvgIpc) is 2.90. The number of benzene rings is 1. The second-order valence-electron chi connectivity index (χ2n) is 3.96. The molecule has 1 N–H and O–H groups in total. The predicted octanol–water partition coefficient (Wildman–Crippen LogP) is 1.55. The van der Waals surface area contributed by atoms with Crippen molar-refractivity contribution in [2.24, 2.45) is 0 Å². The highest BCUT2D eigenvalue weighted by molar-refractivity contribution is 5.94. The summed E-state index contributed by atoms with van der Waals surface area (Å²) in [6.45, 7) is 0.478. The van der Waals surface area contributed by atoms with E-state index in [0.29, 0.717) is 17.7 Å². The lowest BCUT2D eigenvalue weighted by Gasteiger charge is -2.16. The lowest BCUT2D eigenvalue weighted by atomic mass is 10.1. The predicted molar refractivity (Wildman–Crippen MR) is 65.5 cm³/mol. The maximum atomic E-state index is 12.1. The smallest absolute Gasteiger partial charge is 0.253 e. The van der Waals surface area contributed by atoms with Crippen LogP contribution in [0.15, 0.2) is 36.7 Å². The van der Waals surface area contributed by atoms with E-state index >= 15 is 0 Å². The van der Waals surface area contributed by atoms with Crippen LogP contribution in [0.2, 0.25) is 0 Å². The molecule has 18 heavy (non-hydrogen) atoms. The number of aromatic amines is 1. The van der Waals surface area contributed by atoms with E-state index in [0.717, 1.165) is 5.56 Å². The zero-order chi connectivity index (χ0) is 13.0. The van der Waals surface area contributed by atoms with Crippen LogP contribution in [-0.2, 0) is 6.54 Å². The number of nitriles is 1. The topological polar surface area (TPSA) is 72.8 Å². The first-order valence-electron chi connectivity index (χ1n) is 5.44. The van der Waals surface area contributed by atoms with Gasteiger partial charge < -0.3 is 4.90 Å². The van der Waals surface area contributed by atoms with Gasteiger partial charge in [0.25, 0.3) is 5.91 Å². The molecule has 2 rings (SSSR count). The van der Waals surface area contributed by atoms with Gasteiger partial charge in [0.15, 0.2) is 0 Å². The van der Waals surface area contributed by atoms with E-state index < -0.39 is 0 Å². The molecule has 0 saturated heterocycles. The number of carbonyl (C=O) groups is 1. The van der Waals surface area contributed by atoms with Crippen molar-refractivity contribution in [2.45, 2.75) is 6.54 Å². The second-order valence-corrected chi connectivity index (χ2v) is 3.96. The van der Waals surface area contributed by atoms with Crippen molar-refractivity contribution in [2.75, 3.05) is 7.05 Å². The van der Waals surface area contributed by atoms with Crippen LogP contribution >= 0.6 is 0 Å². The molecule has 90 valence electrons. The third kappa shape index (κ3) is 2.55. The fourth-order valence-corrected chi connectivity index (χ4v) is 1.65. The first-order chi connectivity index (χ1) is 8.70. The monoisotopic (exact) mass is 240 g/mol. The van der Waals surface area contributed by atoms with E-state index in [1.807, 2.05) is 6.07 Å². The summed E-state index contributed by atoms with van der Waals surface area (Å²) in [7, 11) is 1.72. The summed E-state index contributed by atoms with van der Waals surface area (Å²) in [5.41, 5.74) is 1.93. The summed E-state index contributed by atoms with van der Waals surface area (Å²) >= 11 is 0. The molecule has 5 heteroatoms. The van der Waals surface area contributed by atoms with E-state index in [1.54, 1.807) is 48.6 Å². The molecule has 0 aliphatic carbocycles. The Hall–Kier alpha value is -2.61. The summed E-state index contributed by atoms with van der Waals surface area (Å²) in [6.07, 6.45) is 3.42. The molecule has 0 radical (unpaired) electrons. The number of aromatic nitrogens is 2. The number of amides is 1. The zero-order valence-corrected chi connectivity index (χ0v) is 9.92. The van der Waals surface area contributed by atoms with E-state index in [4.69, 9.17) is 5.26 Å². The molecule has 1 heterocycles. The minimum Gasteiger partial charge on any atom is -0.337 e. The van der Waals surface area contributed by atoms with Crippen LogP contribution in [0.25, 0.3) is 0 Å². The lowest BCUT2D eigenvalue weighted by molar-refractivity contribution is 0.0785. The molecule has 0 atom stereocenters. The number of nitrogens with zero attached hydrogens (tertiary/aromatic N) is 3. The van der Waals surface area contributed by atoms with Gasteiger partial charge in [-0.15, -0.1) is 0 Å². The molecule has 0 aliphatic heterocycles. The van der Waals surface area contributed by atoms with Gasteiger partial charge in [-0.1, -0.05) is 6.07 Å². The van der Waals surface area contributed by atoms with Crippen molar-refractivity contribution in [3.63, 3.8) is 0 Å². The molecule has 0 spiro atoms. The van der Waals surface area contributed by atoms with Gasteiger partial charge >= 0.3 is 0 Å². The van der Waals surface area contributed by atoms with Crippen LogP contribution in [0, 0.1) is 11.3 Å². The Morgan fingerprint density at radius 2 is 2.39 bits per heavy atom. The molecule has 0 fully saturated rings. The highest BCUT2D eigenvalue weighted by Crippen LogP contribution is 2.09. The van der Waals surface area contributed by atoms with E-state index in [2.05, 4.69) is 10.2 Å². The number of nitrogens with one attached hydrogen (secondary N) is 1. The van der Waals surface area contributed by atoms with Gasteiger partial charge in [0.05, 0.1) is 17.8 Å². The zero-order valence-electron chi connectivity index (χ0n) is 9.92. The Labute approximate surface area is 105 Å². The van der Waals surface area contributed by atoms with Crippen molar-refractivity contribution >= 4 is 5.91 Å². The quantitative estimate of drug-likeness (QED) is 0.884. The molecule has 0 aliphatic rings. The Morgan fingerprint density at radius 1 is 1.56 bits per heavy atom. The number of hydrogen-bond donors (Lipinski definition) is 1. The third-order valence-electron chi connectivity index (χ3n) is 2.56. The molecule has 1 amide bonds. The third-order valence-corrected chi connectivity index (χ3v) is 2.56. The van der Waals surface area contributed by atoms with Crippen LogP contribution < -0.4 is 0 Å². The lowest BCUT2D eigenvalue weighted by Crippen LogP contribution is -2.26. The van der Waals surface area contributed by atoms with Crippen LogP contribution in [-0.4, -0.2) is 28.1 Å². The summed E-state index contributed by atoms with van der Waals surface area (Å²) < 4.78 is 0. The number of carbonyl (C=O) groups excluding carboxylic acids is 1. The van der Waals surface area contributed by atoms with Gasteiger partial charge in [-0.3, -0.25) is 9.89 Å². The van der Waals surface area contributed by atoms with Crippen molar-refractivity contribution in [3.8, 4) is 6.07 Å². The van der Waals surface area contributed by atoms with Gasteiger partial charge in [-0.2, -0.15) is 10.4 Å². The maximum absolute atomic E-state index is 12.1.